The van der Waals surface area contributed by atoms with E-state index in [2.05, 4.69) is 31.3 Å². The van der Waals surface area contributed by atoms with Crippen LogP contribution in [0.15, 0.2) is 30.3 Å². The molecule has 0 aliphatic rings. The van der Waals surface area contributed by atoms with Crippen LogP contribution >= 0.6 is 11.3 Å². The molecule has 0 saturated carbocycles. The molecule has 2 rings (SSSR count). The van der Waals surface area contributed by atoms with E-state index in [1.54, 1.807) is 26.8 Å². The van der Waals surface area contributed by atoms with E-state index in [4.69, 9.17) is 4.74 Å². The number of hydrogen-bond donors (Lipinski definition) is 2. The van der Waals surface area contributed by atoms with E-state index < -0.39 is 17.7 Å². The zero-order valence-corrected chi connectivity index (χ0v) is 16.6. The van der Waals surface area contributed by atoms with Gasteiger partial charge in [-0.2, -0.15) is 0 Å². The van der Waals surface area contributed by atoms with Gasteiger partial charge in [-0.3, -0.25) is 5.32 Å². The van der Waals surface area contributed by atoms with Crippen molar-refractivity contribution in [1.29, 1.82) is 0 Å². The summed E-state index contributed by atoms with van der Waals surface area (Å²) in [4.78, 5) is 24.4. The molecule has 0 bridgehead atoms. The fraction of sp³-hybridized carbons (Fsp3) is 0.400. The molecule has 6 heteroatoms. The van der Waals surface area contributed by atoms with Crippen molar-refractivity contribution in [1.82, 2.24) is 0 Å². The molecular weight excluding hydrogens is 350 g/mol. The molecule has 1 amide bonds. The van der Waals surface area contributed by atoms with E-state index in [1.807, 2.05) is 12.1 Å². The standard InChI is InChI=1S/C20H25NO4S/c1-12(2)10-13-6-8-14(9-7-13)16-11-15(17(26-16)18(22)23)21-19(24)25-20(3,4)5/h6-9,11-12H,10H2,1-5H3,(H,21,24)(H,22,23). The minimum Gasteiger partial charge on any atom is -0.477 e. The molecule has 2 aromatic rings. The van der Waals surface area contributed by atoms with Crippen molar-refractivity contribution in [3.8, 4) is 10.4 Å². The van der Waals surface area contributed by atoms with Gasteiger partial charge in [0.2, 0.25) is 0 Å². The van der Waals surface area contributed by atoms with Gasteiger partial charge >= 0.3 is 12.1 Å². The molecule has 0 radical (unpaired) electrons. The first-order valence-electron chi connectivity index (χ1n) is 8.51. The summed E-state index contributed by atoms with van der Waals surface area (Å²) in [6.07, 6.45) is 0.327. The first-order valence-corrected chi connectivity index (χ1v) is 9.33. The molecule has 0 aliphatic carbocycles. The fourth-order valence-electron chi connectivity index (χ4n) is 2.48. The zero-order chi connectivity index (χ0) is 19.5. The Labute approximate surface area is 158 Å². The van der Waals surface area contributed by atoms with E-state index in [0.29, 0.717) is 5.92 Å². The van der Waals surface area contributed by atoms with Gasteiger partial charge in [-0.15, -0.1) is 11.3 Å². The number of hydrogen-bond acceptors (Lipinski definition) is 4. The molecule has 1 heterocycles. The fourth-order valence-corrected chi connectivity index (χ4v) is 3.43. The van der Waals surface area contributed by atoms with Gasteiger partial charge in [0.15, 0.2) is 0 Å². The van der Waals surface area contributed by atoms with Crippen molar-refractivity contribution >= 4 is 29.1 Å². The summed E-state index contributed by atoms with van der Waals surface area (Å²) in [6, 6.07) is 9.74. The van der Waals surface area contributed by atoms with Crippen LogP contribution in [0.3, 0.4) is 0 Å². The van der Waals surface area contributed by atoms with Crippen molar-refractivity contribution in [3.63, 3.8) is 0 Å². The van der Waals surface area contributed by atoms with Gasteiger partial charge in [-0.1, -0.05) is 38.1 Å². The second-order valence-electron chi connectivity index (χ2n) is 7.58. The van der Waals surface area contributed by atoms with Crippen LogP contribution < -0.4 is 5.32 Å². The van der Waals surface area contributed by atoms with Gasteiger partial charge in [0.05, 0.1) is 5.69 Å². The number of benzene rings is 1. The molecule has 140 valence electrons. The Morgan fingerprint density at radius 2 is 1.81 bits per heavy atom. The molecule has 1 aromatic heterocycles. The summed E-state index contributed by atoms with van der Waals surface area (Å²) in [7, 11) is 0. The van der Waals surface area contributed by atoms with Gasteiger partial charge < -0.3 is 9.84 Å². The third kappa shape index (κ3) is 5.59. The van der Waals surface area contributed by atoms with Crippen molar-refractivity contribution in [2.24, 2.45) is 5.92 Å². The van der Waals surface area contributed by atoms with E-state index in [-0.39, 0.29) is 10.6 Å². The molecule has 0 unspecified atom stereocenters. The predicted molar refractivity (Wildman–Crippen MR) is 105 cm³/mol. The summed E-state index contributed by atoms with van der Waals surface area (Å²) in [5.41, 5.74) is 1.75. The molecule has 5 nitrogen and oxygen atoms in total. The van der Waals surface area contributed by atoms with Crippen LogP contribution in [-0.4, -0.2) is 22.8 Å². The Bertz CT molecular complexity index is 785. The lowest BCUT2D eigenvalue weighted by molar-refractivity contribution is 0.0636. The Balaban J connectivity index is 2.25. The maximum atomic E-state index is 12.0. The number of ether oxygens (including phenoxy) is 1. The first kappa shape index (κ1) is 20.0. The van der Waals surface area contributed by atoms with Crippen LogP contribution in [0.1, 0.15) is 49.9 Å². The van der Waals surface area contributed by atoms with Crippen molar-refractivity contribution in [3.05, 3.63) is 40.8 Å². The average Bonchev–Trinajstić information content (AvgIpc) is 2.89. The number of nitrogens with one attached hydrogen (secondary N) is 1. The monoisotopic (exact) mass is 375 g/mol. The van der Waals surface area contributed by atoms with Crippen LogP contribution in [0.4, 0.5) is 10.5 Å². The third-order valence-electron chi connectivity index (χ3n) is 3.44. The number of thiophene rings is 1. The van der Waals surface area contributed by atoms with Gasteiger partial charge in [0.25, 0.3) is 0 Å². The maximum Gasteiger partial charge on any atom is 0.412 e. The molecule has 0 saturated heterocycles. The number of carbonyl (C=O) groups is 2. The van der Waals surface area contributed by atoms with Crippen LogP contribution in [0.5, 0.6) is 0 Å². The highest BCUT2D eigenvalue weighted by Crippen LogP contribution is 2.35. The quantitative estimate of drug-likeness (QED) is 0.707. The molecular formula is C20H25NO4S. The SMILES string of the molecule is CC(C)Cc1ccc(-c2cc(NC(=O)OC(C)(C)C)c(C(=O)O)s2)cc1. The van der Waals surface area contributed by atoms with Crippen molar-refractivity contribution in [2.75, 3.05) is 5.32 Å². The molecule has 1 aromatic carbocycles. The number of carboxylic acid groups (broad SMARTS) is 1. The van der Waals surface area contributed by atoms with E-state index in [1.165, 1.54) is 5.56 Å². The van der Waals surface area contributed by atoms with Gasteiger partial charge in [0, 0.05) is 4.88 Å². The van der Waals surface area contributed by atoms with Gasteiger partial charge in [-0.25, -0.2) is 9.59 Å². The normalized spacial score (nSPS) is 11.5. The van der Waals surface area contributed by atoms with Crippen LogP contribution in [0.2, 0.25) is 0 Å². The van der Waals surface area contributed by atoms with Gasteiger partial charge in [0.1, 0.15) is 10.5 Å². The summed E-state index contributed by atoms with van der Waals surface area (Å²) < 4.78 is 5.21. The number of amides is 1. The predicted octanol–water partition coefficient (Wildman–Crippen LogP) is 5.66. The number of carbonyl (C=O) groups excluding carboxylic acids is 1. The number of carboxylic acids is 1. The minimum atomic E-state index is -1.08. The van der Waals surface area contributed by atoms with E-state index >= 15 is 0 Å². The molecule has 2 N–H and O–H groups in total. The Morgan fingerprint density at radius 3 is 2.31 bits per heavy atom. The maximum absolute atomic E-state index is 12.0. The van der Waals surface area contributed by atoms with E-state index in [9.17, 15) is 14.7 Å². The smallest absolute Gasteiger partial charge is 0.412 e. The van der Waals surface area contributed by atoms with Gasteiger partial charge in [-0.05, 0) is 50.3 Å². The minimum absolute atomic E-state index is 0.0807. The third-order valence-corrected chi connectivity index (χ3v) is 4.62. The molecule has 0 fully saturated rings. The lowest BCUT2D eigenvalue weighted by Crippen LogP contribution is -2.27. The van der Waals surface area contributed by atoms with Crippen LogP contribution in [0.25, 0.3) is 10.4 Å². The van der Waals surface area contributed by atoms with Crippen molar-refractivity contribution < 1.29 is 19.4 Å². The van der Waals surface area contributed by atoms with Crippen molar-refractivity contribution in [2.45, 2.75) is 46.6 Å². The first-order chi connectivity index (χ1) is 12.0. The number of rotatable bonds is 5. The summed E-state index contributed by atoms with van der Waals surface area (Å²) in [5.74, 6) is -0.505. The lowest BCUT2D eigenvalue weighted by atomic mass is 10.0. The second kappa shape index (κ2) is 7.91. The average molecular weight is 375 g/mol. The summed E-state index contributed by atoms with van der Waals surface area (Å²) in [5, 5.41) is 12.0. The highest BCUT2D eigenvalue weighted by molar-refractivity contribution is 7.18. The highest BCUT2D eigenvalue weighted by Gasteiger charge is 2.21. The Kier molecular flexibility index (Phi) is 6.08. The largest absolute Gasteiger partial charge is 0.477 e. The Morgan fingerprint density at radius 1 is 1.19 bits per heavy atom. The molecule has 0 spiro atoms. The van der Waals surface area contributed by atoms with Crippen LogP contribution in [0, 0.1) is 5.92 Å². The topological polar surface area (TPSA) is 75.6 Å². The molecule has 0 aliphatic heterocycles. The zero-order valence-electron chi connectivity index (χ0n) is 15.8. The summed E-state index contributed by atoms with van der Waals surface area (Å²) >= 11 is 1.13. The number of aromatic carboxylic acids is 1. The lowest BCUT2D eigenvalue weighted by Gasteiger charge is -2.19. The molecule has 26 heavy (non-hydrogen) atoms. The van der Waals surface area contributed by atoms with Crippen LogP contribution in [-0.2, 0) is 11.2 Å². The number of anilines is 1. The second-order valence-corrected chi connectivity index (χ2v) is 8.63. The van der Waals surface area contributed by atoms with E-state index in [0.717, 1.165) is 28.2 Å². The molecule has 0 atom stereocenters. The summed E-state index contributed by atoms with van der Waals surface area (Å²) in [6.45, 7) is 9.59. The Hall–Kier alpha value is -2.34. The highest BCUT2D eigenvalue weighted by atomic mass is 32.1.